The fraction of sp³-hybridized carbons (Fsp3) is 0.167. The Morgan fingerprint density at radius 1 is 1.45 bits per heavy atom. The van der Waals surface area contributed by atoms with E-state index in [2.05, 4.69) is 15.1 Å². The van der Waals surface area contributed by atoms with Crippen LogP contribution in [0.15, 0.2) is 18.6 Å². The average molecular weight is 150 g/mol. The van der Waals surface area contributed by atoms with Crippen molar-refractivity contribution in [2.45, 2.75) is 0 Å². The zero-order valence-corrected chi connectivity index (χ0v) is 5.93. The fourth-order valence-corrected chi connectivity index (χ4v) is 0.810. The van der Waals surface area contributed by atoms with Crippen molar-refractivity contribution in [3.05, 3.63) is 18.6 Å². The van der Waals surface area contributed by atoms with Gasteiger partial charge in [0.1, 0.15) is 0 Å². The molecule has 5 nitrogen and oxygen atoms in total. The van der Waals surface area contributed by atoms with Gasteiger partial charge >= 0.3 is 6.01 Å². The van der Waals surface area contributed by atoms with Crippen LogP contribution in [0.3, 0.4) is 0 Å². The topological polar surface area (TPSA) is 52.3 Å². The van der Waals surface area contributed by atoms with Crippen LogP contribution in [0.4, 0.5) is 0 Å². The molecule has 0 bridgehead atoms. The Hall–Kier alpha value is -1.65. The van der Waals surface area contributed by atoms with Gasteiger partial charge in [0.2, 0.25) is 0 Å². The molecular weight excluding hydrogens is 144 g/mol. The molecule has 0 aliphatic rings. The molecule has 0 atom stereocenters. The first-order valence-corrected chi connectivity index (χ1v) is 3.10. The highest BCUT2D eigenvalue weighted by atomic mass is 16.5. The number of nitrogens with zero attached hydrogens (tertiary/aromatic N) is 4. The summed E-state index contributed by atoms with van der Waals surface area (Å²) in [4.78, 5) is 7.86. The third kappa shape index (κ3) is 0.899. The first kappa shape index (κ1) is 6.09. The highest BCUT2D eigenvalue weighted by molar-refractivity contribution is 5.32. The van der Waals surface area contributed by atoms with Crippen LogP contribution in [0.25, 0.3) is 5.65 Å². The number of rotatable bonds is 1. The average Bonchev–Trinajstić information content (AvgIpc) is 2.50. The summed E-state index contributed by atoms with van der Waals surface area (Å²) in [5.41, 5.74) is 0.714. The van der Waals surface area contributed by atoms with Crippen LogP contribution in [0.2, 0.25) is 0 Å². The number of hydrogen-bond acceptors (Lipinski definition) is 4. The lowest BCUT2D eigenvalue weighted by atomic mass is 10.8. The van der Waals surface area contributed by atoms with E-state index in [-0.39, 0.29) is 0 Å². The summed E-state index contributed by atoms with van der Waals surface area (Å²) in [7, 11) is 1.53. The van der Waals surface area contributed by atoms with E-state index in [1.807, 2.05) is 0 Å². The second-order valence-electron chi connectivity index (χ2n) is 1.97. The molecule has 0 N–H and O–H groups in total. The van der Waals surface area contributed by atoms with Gasteiger partial charge in [-0.1, -0.05) is 0 Å². The molecule has 0 aliphatic carbocycles. The zero-order valence-electron chi connectivity index (χ0n) is 5.93. The molecule has 0 spiro atoms. The third-order valence-electron chi connectivity index (χ3n) is 1.32. The maximum Gasteiger partial charge on any atom is 0.334 e. The number of fused-ring (bicyclic) bond motifs is 1. The van der Waals surface area contributed by atoms with Crippen LogP contribution in [-0.2, 0) is 0 Å². The Labute approximate surface area is 62.7 Å². The van der Waals surface area contributed by atoms with E-state index in [0.717, 1.165) is 0 Å². The van der Waals surface area contributed by atoms with Crippen molar-refractivity contribution in [2.75, 3.05) is 7.11 Å². The minimum absolute atomic E-state index is 0.343. The fourth-order valence-electron chi connectivity index (χ4n) is 0.810. The molecule has 0 unspecified atom stereocenters. The standard InChI is InChI=1S/C6H6N4O/c1-11-6-8-4-5-7-2-3-10(5)9-6/h2-4H,1H3. The Morgan fingerprint density at radius 2 is 2.36 bits per heavy atom. The number of hydrogen-bond donors (Lipinski definition) is 0. The Kier molecular flexibility index (Phi) is 1.21. The summed E-state index contributed by atoms with van der Waals surface area (Å²) in [5.74, 6) is 0. The van der Waals surface area contributed by atoms with Crippen molar-refractivity contribution in [2.24, 2.45) is 0 Å². The molecule has 0 saturated carbocycles. The molecule has 0 saturated heterocycles. The van der Waals surface area contributed by atoms with Crippen molar-refractivity contribution < 1.29 is 4.74 Å². The van der Waals surface area contributed by atoms with E-state index in [9.17, 15) is 0 Å². The first-order chi connectivity index (χ1) is 5.40. The molecule has 11 heavy (non-hydrogen) atoms. The van der Waals surface area contributed by atoms with Crippen molar-refractivity contribution in [3.8, 4) is 6.01 Å². The third-order valence-corrected chi connectivity index (χ3v) is 1.32. The van der Waals surface area contributed by atoms with Gasteiger partial charge in [-0.05, 0) is 0 Å². The number of imidazole rings is 1. The van der Waals surface area contributed by atoms with Gasteiger partial charge in [-0.3, -0.25) is 0 Å². The number of methoxy groups -OCH3 is 1. The van der Waals surface area contributed by atoms with Gasteiger partial charge in [0.05, 0.1) is 13.3 Å². The number of ether oxygens (including phenoxy) is 1. The van der Waals surface area contributed by atoms with Crippen molar-refractivity contribution >= 4 is 5.65 Å². The van der Waals surface area contributed by atoms with Gasteiger partial charge in [0, 0.05) is 12.4 Å². The smallest absolute Gasteiger partial charge is 0.334 e. The molecule has 2 rings (SSSR count). The van der Waals surface area contributed by atoms with Crippen LogP contribution in [0.5, 0.6) is 6.01 Å². The second kappa shape index (κ2) is 2.19. The Balaban J connectivity index is 2.67. The van der Waals surface area contributed by atoms with E-state index in [1.165, 1.54) is 7.11 Å². The van der Waals surface area contributed by atoms with Crippen molar-refractivity contribution in [1.82, 2.24) is 19.6 Å². The van der Waals surface area contributed by atoms with E-state index >= 15 is 0 Å². The van der Waals surface area contributed by atoms with E-state index < -0.39 is 0 Å². The summed E-state index contributed by atoms with van der Waals surface area (Å²) >= 11 is 0. The molecule has 2 aromatic rings. The molecular formula is C6H6N4O. The molecule has 0 aliphatic heterocycles. The van der Waals surface area contributed by atoms with Gasteiger partial charge in [0.25, 0.3) is 0 Å². The second-order valence-corrected chi connectivity index (χ2v) is 1.97. The lowest BCUT2D eigenvalue weighted by molar-refractivity contribution is 0.371. The van der Waals surface area contributed by atoms with Crippen LogP contribution >= 0.6 is 0 Å². The Bertz CT molecular complexity index is 369. The SMILES string of the molecule is COc1ncc2nccn2n1. The van der Waals surface area contributed by atoms with Gasteiger partial charge in [0.15, 0.2) is 5.65 Å². The maximum absolute atomic E-state index is 4.82. The summed E-state index contributed by atoms with van der Waals surface area (Å²) in [5, 5.41) is 3.97. The van der Waals surface area contributed by atoms with E-state index in [1.54, 1.807) is 23.1 Å². The molecule has 2 heterocycles. The molecule has 0 aromatic carbocycles. The van der Waals surface area contributed by atoms with Crippen LogP contribution < -0.4 is 4.74 Å². The van der Waals surface area contributed by atoms with E-state index in [0.29, 0.717) is 11.7 Å². The predicted molar refractivity (Wildman–Crippen MR) is 37.3 cm³/mol. The molecule has 56 valence electrons. The number of aromatic nitrogens is 4. The van der Waals surface area contributed by atoms with Gasteiger partial charge in [-0.25, -0.2) is 9.50 Å². The summed E-state index contributed by atoms with van der Waals surface area (Å²) in [6.45, 7) is 0. The highest BCUT2D eigenvalue weighted by Gasteiger charge is 1.97. The highest BCUT2D eigenvalue weighted by Crippen LogP contribution is 2.00. The van der Waals surface area contributed by atoms with Gasteiger partial charge in [-0.15, -0.1) is 5.10 Å². The monoisotopic (exact) mass is 150 g/mol. The zero-order chi connectivity index (χ0) is 7.68. The summed E-state index contributed by atoms with van der Waals surface area (Å²) < 4.78 is 6.42. The first-order valence-electron chi connectivity index (χ1n) is 3.10. The molecule has 2 aromatic heterocycles. The summed E-state index contributed by atoms with van der Waals surface area (Å²) in [6.07, 6.45) is 4.99. The quantitative estimate of drug-likeness (QED) is 0.580. The lowest BCUT2D eigenvalue weighted by Crippen LogP contribution is -1.97. The molecule has 0 amide bonds. The van der Waals surface area contributed by atoms with Gasteiger partial charge in [-0.2, -0.15) is 4.98 Å². The minimum atomic E-state index is 0.343. The molecule has 5 heteroatoms. The molecule has 0 radical (unpaired) electrons. The maximum atomic E-state index is 4.82. The van der Waals surface area contributed by atoms with Crippen molar-refractivity contribution in [3.63, 3.8) is 0 Å². The van der Waals surface area contributed by atoms with Crippen LogP contribution in [-0.4, -0.2) is 26.7 Å². The van der Waals surface area contributed by atoms with Crippen LogP contribution in [0, 0.1) is 0 Å². The lowest BCUT2D eigenvalue weighted by Gasteiger charge is -1.95. The minimum Gasteiger partial charge on any atom is -0.466 e. The predicted octanol–water partition coefficient (Wildman–Crippen LogP) is 0.133. The van der Waals surface area contributed by atoms with Crippen molar-refractivity contribution in [1.29, 1.82) is 0 Å². The van der Waals surface area contributed by atoms with Crippen LogP contribution in [0.1, 0.15) is 0 Å². The normalized spacial score (nSPS) is 10.3. The molecule has 0 fully saturated rings. The summed E-state index contributed by atoms with van der Waals surface area (Å²) in [6, 6.07) is 0.343. The van der Waals surface area contributed by atoms with E-state index in [4.69, 9.17) is 4.74 Å². The largest absolute Gasteiger partial charge is 0.466 e. The van der Waals surface area contributed by atoms with Gasteiger partial charge < -0.3 is 4.74 Å². The Morgan fingerprint density at radius 3 is 3.18 bits per heavy atom.